The Hall–Kier alpha value is -3.67. The number of carboxylic acids is 1. The van der Waals surface area contributed by atoms with Gasteiger partial charge in [-0.3, -0.25) is 9.59 Å². The molecule has 2 amide bonds. The number of carbonyl (C=O) groups excluding carboxylic acids is 2. The van der Waals surface area contributed by atoms with E-state index in [1.807, 2.05) is 42.5 Å². The zero-order chi connectivity index (χ0) is 19.4. The van der Waals surface area contributed by atoms with Gasteiger partial charge in [0.05, 0.1) is 11.1 Å². The summed E-state index contributed by atoms with van der Waals surface area (Å²) in [6, 6.07) is 18.4. The Morgan fingerprint density at radius 1 is 0.889 bits per heavy atom. The van der Waals surface area contributed by atoms with Crippen LogP contribution in [-0.2, 0) is 11.2 Å². The van der Waals surface area contributed by atoms with Crippen molar-refractivity contribution in [1.29, 1.82) is 0 Å². The highest BCUT2D eigenvalue weighted by Crippen LogP contribution is 2.17. The Morgan fingerprint density at radius 3 is 2.19 bits per heavy atom. The third-order valence-electron chi connectivity index (χ3n) is 4.30. The first kappa shape index (κ1) is 18.1. The molecular formula is C21H18N2O4. The zero-order valence-electron chi connectivity index (χ0n) is 14.4. The highest BCUT2D eigenvalue weighted by Gasteiger charge is 2.22. The maximum atomic E-state index is 12.5. The summed E-state index contributed by atoms with van der Waals surface area (Å²) in [6.45, 7) is 0. The topological polar surface area (TPSA) is 109 Å². The minimum absolute atomic E-state index is 0.0187. The smallest absolute Gasteiger partial charge is 0.336 e. The summed E-state index contributed by atoms with van der Waals surface area (Å²) in [5, 5.41) is 13.9. The van der Waals surface area contributed by atoms with Gasteiger partial charge in [-0.2, -0.15) is 0 Å². The van der Waals surface area contributed by atoms with Gasteiger partial charge >= 0.3 is 5.97 Å². The monoisotopic (exact) mass is 362 g/mol. The van der Waals surface area contributed by atoms with Crippen LogP contribution in [0.3, 0.4) is 0 Å². The van der Waals surface area contributed by atoms with Crippen LogP contribution in [0.25, 0.3) is 10.8 Å². The quantitative estimate of drug-likeness (QED) is 0.625. The van der Waals surface area contributed by atoms with Crippen LogP contribution in [0.5, 0.6) is 0 Å². The van der Waals surface area contributed by atoms with Gasteiger partial charge in [-0.25, -0.2) is 4.79 Å². The van der Waals surface area contributed by atoms with E-state index in [-0.39, 0.29) is 17.5 Å². The van der Waals surface area contributed by atoms with Gasteiger partial charge in [-0.15, -0.1) is 0 Å². The average molecular weight is 362 g/mol. The maximum absolute atomic E-state index is 12.5. The van der Waals surface area contributed by atoms with Crippen LogP contribution in [-0.4, -0.2) is 28.9 Å². The lowest BCUT2D eigenvalue weighted by molar-refractivity contribution is -0.119. The predicted octanol–water partition coefficient (Wildman–Crippen LogP) is 2.36. The lowest BCUT2D eigenvalue weighted by Crippen LogP contribution is -2.46. The van der Waals surface area contributed by atoms with Gasteiger partial charge in [0.1, 0.15) is 6.04 Å². The first-order chi connectivity index (χ1) is 13.0. The Morgan fingerprint density at radius 2 is 1.52 bits per heavy atom. The molecule has 0 saturated heterocycles. The van der Waals surface area contributed by atoms with E-state index in [2.05, 4.69) is 5.32 Å². The van der Waals surface area contributed by atoms with Crippen molar-refractivity contribution in [2.45, 2.75) is 12.5 Å². The maximum Gasteiger partial charge on any atom is 0.336 e. The molecule has 6 nitrogen and oxygen atoms in total. The molecule has 136 valence electrons. The molecule has 0 bridgehead atoms. The van der Waals surface area contributed by atoms with Gasteiger partial charge in [-0.05, 0) is 28.5 Å². The standard InChI is InChI=1S/C21H18N2O4/c22-19(24)18(12-13-9-10-14-5-1-2-6-15(14)11-13)23-20(25)16-7-3-4-8-17(16)21(26)27/h1-11,18H,12H2,(H2,22,24)(H,23,25)(H,26,27)/t18-/m0/s1. The summed E-state index contributed by atoms with van der Waals surface area (Å²) in [4.78, 5) is 35.6. The van der Waals surface area contributed by atoms with Gasteiger partial charge in [0.15, 0.2) is 0 Å². The summed E-state index contributed by atoms with van der Waals surface area (Å²) in [6.07, 6.45) is 0.209. The van der Waals surface area contributed by atoms with E-state index in [1.54, 1.807) is 6.07 Å². The molecule has 4 N–H and O–H groups in total. The molecule has 0 saturated carbocycles. The molecule has 27 heavy (non-hydrogen) atoms. The minimum Gasteiger partial charge on any atom is -0.478 e. The van der Waals surface area contributed by atoms with E-state index in [4.69, 9.17) is 5.73 Å². The highest BCUT2D eigenvalue weighted by molar-refractivity contribution is 6.05. The third kappa shape index (κ3) is 4.12. The fourth-order valence-electron chi connectivity index (χ4n) is 2.93. The predicted molar refractivity (Wildman–Crippen MR) is 102 cm³/mol. The second-order valence-corrected chi connectivity index (χ2v) is 6.16. The third-order valence-corrected chi connectivity index (χ3v) is 4.30. The van der Waals surface area contributed by atoms with Crippen molar-refractivity contribution in [2.75, 3.05) is 0 Å². The number of rotatable bonds is 6. The van der Waals surface area contributed by atoms with E-state index in [0.717, 1.165) is 16.3 Å². The number of aromatic carboxylic acids is 1. The highest BCUT2D eigenvalue weighted by atomic mass is 16.4. The molecule has 0 aromatic heterocycles. The van der Waals surface area contributed by atoms with Gasteiger partial charge in [0.2, 0.25) is 5.91 Å². The Balaban J connectivity index is 1.82. The van der Waals surface area contributed by atoms with Crippen LogP contribution in [0.15, 0.2) is 66.7 Å². The van der Waals surface area contributed by atoms with Crippen molar-refractivity contribution in [3.05, 3.63) is 83.4 Å². The van der Waals surface area contributed by atoms with Crippen LogP contribution in [0.4, 0.5) is 0 Å². The lowest BCUT2D eigenvalue weighted by atomic mass is 10.0. The number of nitrogens with one attached hydrogen (secondary N) is 1. The summed E-state index contributed by atoms with van der Waals surface area (Å²) in [7, 11) is 0. The molecule has 0 spiro atoms. The Kier molecular flexibility index (Phi) is 5.17. The average Bonchev–Trinajstić information content (AvgIpc) is 2.67. The summed E-state index contributed by atoms with van der Waals surface area (Å²) in [5.41, 5.74) is 6.13. The SMILES string of the molecule is NC(=O)[C@H](Cc1ccc2ccccc2c1)NC(=O)c1ccccc1C(=O)O. The molecule has 0 radical (unpaired) electrons. The number of fused-ring (bicyclic) bond motifs is 1. The van der Waals surface area contributed by atoms with E-state index in [9.17, 15) is 19.5 Å². The van der Waals surface area contributed by atoms with Gasteiger partial charge in [-0.1, -0.05) is 54.6 Å². The first-order valence-corrected chi connectivity index (χ1v) is 8.36. The van der Waals surface area contributed by atoms with Crippen molar-refractivity contribution < 1.29 is 19.5 Å². The normalized spacial score (nSPS) is 11.7. The number of carbonyl (C=O) groups is 3. The fraction of sp³-hybridized carbons (Fsp3) is 0.0952. The second kappa shape index (κ2) is 7.70. The van der Waals surface area contributed by atoms with E-state index < -0.39 is 23.8 Å². The second-order valence-electron chi connectivity index (χ2n) is 6.16. The van der Waals surface area contributed by atoms with Crippen LogP contribution in [0, 0.1) is 0 Å². The zero-order valence-corrected chi connectivity index (χ0v) is 14.4. The van der Waals surface area contributed by atoms with Crippen molar-refractivity contribution in [2.24, 2.45) is 5.73 Å². The molecule has 3 aromatic carbocycles. The van der Waals surface area contributed by atoms with Crippen LogP contribution in [0.2, 0.25) is 0 Å². The number of nitrogens with two attached hydrogens (primary N) is 1. The van der Waals surface area contributed by atoms with Crippen LogP contribution in [0.1, 0.15) is 26.3 Å². The molecule has 6 heteroatoms. The molecule has 0 heterocycles. The minimum atomic E-state index is -1.22. The molecule has 0 aliphatic carbocycles. The van der Waals surface area contributed by atoms with Crippen LogP contribution >= 0.6 is 0 Å². The molecule has 0 fully saturated rings. The molecular weight excluding hydrogens is 344 g/mol. The lowest BCUT2D eigenvalue weighted by Gasteiger charge is -2.17. The molecule has 3 rings (SSSR count). The van der Waals surface area contributed by atoms with E-state index in [0.29, 0.717) is 0 Å². The van der Waals surface area contributed by atoms with Crippen molar-refractivity contribution in [3.63, 3.8) is 0 Å². The molecule has 3 aromatic rings. The molecule has 0 aliphatic heterocycles. The van der Waals surface area contributed by atoms with E-state index >= 15 is 0 Å². The van der Waals surface area contributed by atoms with Crippen molar-refractivity contribution in [1.82, 2.24) is 5.32 Å². The molecule has 0 unspecified atom stereocenters. The Bertz CT molecular complexity index is 1030. The number of carboxylic acid groups (broad SMARTS) is 1. The largest absolute Gasteiger partial charge is 0.478 e. The summed E-state index contributed by atoms with van der Waals surface area (Å²) < 4.78 is 0. The number of benzene rings is 3. The van der Waals surface area contributed by atoms with Crippen molar-refractivity contribution in [3.8, 4) is 0 Å². The van der Waals surface area contributed by atoms with Gasteiger partial charge < -0.3 is 16.2 Å². The Labute approximate surface area is 155 Å². The first-order valence-electron chi connectivity index (χ1n) is 8.36. The molecule has 0 aliphatic rings. The number of amides is 2. The summed E-state index contributed by atoms with van der Waals surface area (Å²) in [5.74, 6) is -2.56. The summed E-state index contributed by atoms with van der Waals surface area (Å²) >= 11 is 0. The van der Waals surface area contributed by atoms with E-state index in [1.165, 1.54) is 18.2 Å². The van der Waals surface area contributed by atoms with Crippen LogP contribution < -0.4 is 11.1 Å². The number of primary amides is 1. The number of hydrogen-bond donors (Lipinski definition) is 3. The van der Waals surface area contributed by atoms with Gasteiger partial charge in [0.25, 0.3) is 5.91 Å². The molecule has 1 atom stereocenters. The van der Waals surface area contributed by atoms with Gasteiger partial charge in [0, 0.05) is 6.42 Å². The fourth-order valence-corrected chi connectivity index (χ4v) is 2.93. The van der Waals surface area contributed by atoms with Crippen molar-refractivity contribution >= 4 is 28.6 Å². The number of hydrogen-bond acceptors (Lipinski definition) is 3.